The molecule has 4 nitrogen and oxygen atoms in total. The van der Waals surface area contributed by atoms with Gasteiger partial charge in [0.15, 0.2) is 5.22 Å². The number of hydrogen-bond donors (Lipinski definition) is 1. The van der Waals surface area contributed by atoms with E-state index in [-0.39, 0.29) is 0 Å². The first-order valence-corrected chi connectivity index (χ1v) is 7.55. The summed E-state index contributed by atoms with van der Waals surface area (Å²) in [5.41, 5.74) is 1.89. The van der Waals surface area contributed by atoms with Crippen LogP contribution in [0.4, 0.5) is 0 Å². The number of aromatic nitrogens is 2. The fourth-order valence-electron chi connectivity index (χ4n) is 2.41. The Hall–Kier alpha value is -1.78. The van der Waals surface area contributed by atoms with Crippen molar-refractivity contribution >= 4 is 22.6 Å². The van der Waals surface area contributed by atoms with Crippen LogP contribution in [0.3, 0.4) is 0 Å². The zero-order valence-corrected chi connectivity index (χ0v) is 12.5. The van der Waals surface area contributed by atoms with Gasteiger partial charge in [0.05, 0.1) is 6.33 Å². The van der Waals surface area contributed by atoms with Crippen LogP contribution in [-0.4, -0.2) is 16.1 Å². The summed E-state index contributed by atoms with van der Waals surface area (Å²) in [5.74, 6) is 0. The quantitative estimate of drug-likeness (QED) is 0.674. The third-order valence-corrected chi connectivity index (χ3v) is 3.84. The predicted molar refractivity (Wildman–Crippen MR) is 84.4 cm³/mol. The maximum atomic E-state index is 6.16. The van der Waals surface area contributed by atoms with Crippen LogP contribution < -0.4 is 5.32 Å². The maximum absolute atomic E-state index is 6.16. The number of rotatable bonds is 7. The number of nitrogens with one attached hydrogen (secondary N) is 1. The Morgan fingerprint density at radius 1 is 1.24 bits per heavy atom. The predicted octanol–water partition coefficient (Wildman–Crippen LogP) is 3.85. The molecule has 0 amide bonds. The van der Waals surface area contributed by atoms with Crippen molar-refractivity contribution in [3.63, 3.8) is 0 Å². The van der Waals surface area contributed by atoms with Gasteiger partial charge in [0.1, 0.15) is 5.58 Å². The molecule has 1 N–H and O–H groups in total. The summed E-state index contributed by atoms with van der Waals surface area (Å²) >= 11 is 6.16. The molecule has 0 unspecified atom stereocenters. The first-order valence-electron chi connectivity index (χ1n) is 7.17. The normalized spacial score (nSPS) is 11.3. The molecule has 3 aromatic rings. The fraction of sp³-hybridized carbons (Fsp3) is 0.312. The standard InChI is InChI=1S/C16H18ClN3O/c17-16-14(13-5-1-2-6-15(13)21-16)11-18-7-3-4-9-20-10-8-19-12-20/h1-2,5-6,8,10,12,18H,3-4,7,9,11H2. The molecule has 0 fully saturated rings. The molecule has 0 radical (unpaired) electrons. The van der Waals surface area contributed by atoms with Gasteiger partial charge in [-0.25, -0.2) is 4.98 Å². The Labute approximate surface area is 128 Å². The van der Waals surface area contributed by atoms with Crippen molar-refractivity contribution in [1.82, 2.24) is 14.9 Å². The van der Waals surface area contributed by atoms with Crippen LogP contribution in [0, 0.1) is 0 Å². The summed E-state index contributed by atoms with van der Waals surface area (Å²) in [6, 6.07) is 7.94. The minimum absolute atomic E-state index is 0.488. The average Bonchev–Trinajstić information content (AvgIpc) is 3.10. The number of para-hydroxylation sites is 1. The minimum atomic E-state index is 0.488. The van der Waals surface area contributed by atoms with E-state index in [4.69, 9.17) is 16.0 Å². The second kappa shape index (κ2) is 6.78. The van der Waals surface area contributed by atoms with Crippen molar-refractivity contribution in [2.24, 2.45) is 0 Å². The van der Waals surface area contributed by atoms with Crippen molar-refractivity contribution in [1.29, 1.82) is 0 Å². The monoisotopic (exact) mass is 303 g/mol. The minimum Gasteiger partial charge on any atom is -0.444 e. The van der Waals surface area contributed by atoms with Crippen LogP contribution in [0.5, 0.6) is 0 Å². The highest BCUT2D eigenvalue weighted by molar-refractivity contribution is 6.30. The number of hydrogen-bond acceptors (Lipinski definition) is 3. The summed E-state index contributed by atoms with van der Waals surface area (Å²) in [6.07, 6.45) is 7.90. The number of furan rings is 1. The van der Waals surface area contributed by atoms with E-state index >= 15 is 0 Å². The summed E-state index contributed by atoms with van der Waals surface area (Å²) in [6.45, 7) is 2.71. The molecular weight excluding hydrogens is 286 g/mol. The largest absolute Gasteiger partial charge is 0.444 e. The third-order valence-electron chi connectivity index (χ3n) is 3.53. The van der Waals surface area contributed by atoms with E-state index < -0.39 is 0 Å². The highest BCUT2D eigenvalue weighted by Gasteiger charge is 2.10. The van der Waals surface area contributed by atoms with E-state index in [0.717, 1.165) is 49.0 Å². The Morgan fingerprint density at radius 3 is 3.00 bits per heavy atom. The van der Waals surface area contributed by atoms with Crippen LogP contribution in [0.1, 0.15) is 18.4 Å². The number of imidazole rings is 1. The molecule has 0 saturated heterocycles. The first kappa shape index (κ1) is 14.2. The number of fused-ring (bicyclic) bond motifs is 1. The number of halogens is 1. The molecule has 110 valence electrons. The molecule has 3 rings (SSSR count). The summed E-state index contributed by atoms with van der Waals surface area (Å²) < 4.78 is 7.64. The summed E-state index contributed by atoms with van der Waals surface area (Å²) in [7, 11) is 0. The van der Waals surface area contributed by atoms with Gasteiger partial charge in [-0.05, 0) is 37.1 Å². The van der Waals surface area contributed by atoms with E-state index in [1.165, 1.54) is 0 Å². The SMILES string of the molecule is Clc1oc2ccccc2c1CNCCCCn1ccnc1. The van der Waals surface area contributed by atoms with Gasteiger partial charge in [-0.15, -0.1) is 0 Å². The number of nitrogens with zero attached hydrogens (tertiary/aromatic N) is 2. The van der Waals surface area contributed by atoms with Crippen molar-refractivity contribution in [2.45, 2.75) is 25.9 Å². The van der Waals surface area contributed by atoms with Gasteiger partial charge >= 0.3 is 0 Å². The maximum Gasteiger partial charge on any atom is 0.199 e. The highest BCUT2D eigenvalue weighted by Crippen LogP contribution is 2.29. The second-order valence-corrected chi connectivity index (χ2v) is 5.38. The number of unbranched alkanes of at least 4 members (excludes halogenated alkanes) is 1. The molecule has 0 atom stereocenters. The van der Waals surface area contributed by atoms with Gasteiger partial charge < -0.3 is 14.3 Å². The first-order chi connectivity index (χ1) is 10.3. The smallest absolute Gasteiger partial charge is 0.199 e. The molecule has 0 aliphatic heterocycles. The van der Waals surface area contributed by atoms with Gasteiger partial charge in [0.25, 0.3) is 0 Å². The van der Waals surface area contributed by atoms with Gasteiger partial charge in [0, 0.05) is 36.4 Å². The van der Waals surface area contributed by atoms with Gasteiger partial charge in [-0.2, -0.15) is 0 Å². The summed E-state index contributed by atoms with van der Waals surface area (Å²) in [5, 5.41) is 5.01. The summed E-state index contributed by atoms with van der Waals surface area (Å²) in [4.78, 5) is 4.03. The molecule has 0 aliphatic carbocycles. The molecule has 2 heterocycles. The lowest BCUT2D eigenvalue weighted by molar-refractivity contribution is 0.563. The zero-order valence-electron chi connectivity index (χ0n) is 11.8. The van der Waals surface area contributed by atoms with Crippen LogP contribution in [0.2, 0.25) is 5.22 Å². The molecule has 1 aromatic carbocycles. The zero-order chi connectivity index (χ0) is 14.5. The average molecular weight is 304 g/mol. The van der Waals surface area contributed by atoms with Crippen LogP contribution in [0.15, 0.2) is 47.4 Å². The molecule has 5 heteroatoms. The molecule has 21 heavy (non-hydrogen) atoms. The molecule has 0 aliphatic rings. The Kier molecular flexibility index (Phi) is 4.58. The van der Waals surface area contributed by atoms with E-state index in [2.05, 4.69) is 14.9 Å². The molecular formula is C16H18ClN3O. The lowest BCUT2D eigenvalue weighted by atomic mass is 10.2. The van der Waals surface area contributed by atoms with Gasteiger partial charge in [0.2, 0.25) is 0 Å². The van der Waals surface area contributed by atoms with E-state index in [0.29, 0.717) is 5.22 Å². The lowest BCUT2D eigenvalue weighted by Crippen LogP contribution is -2.15. The van der Waals surface area contributed by atoms with Crippen LogP contribution in [0.25, 0.3) is 11.0 Å². The Balaban J connectivity index is 1.45. The van der Waals surface area contributed by atoms with Crippen molar-refractivity contribution in [3.05, 3.63) is 53.8 Å². The van der Waals surface area contributed by atoms with Crippen molar-refractivity contribution in [2.75, 3.05) is 6.54 Å². The number of aryl methyl sites for hydroxylation is 1. The van der Waals surface area contributed by atoms with Crippen molar-refractivity contribution < 1.29 is 4.42 Å². The third kappa shape index (κ3) is 3.46. The highest BCUT2D eigenvalue weighted by atomic mass is 35.5. The molecule has 0 saturated carbocycles. The number of benzene rings is 1. The Morgan fingerprint density at radius 2 is 2.14 bits per heavy atom. The molecule has 0 spiro atoms. The van der Waals surface area contributed by atoms with Crippen LogP contribution >= 0.6 is 11.6 Å². The molecule has 0 bridgehead atoms. The van der Waals surface area contributed by atoms with Crippen LogP contribution in [-0.2, 0) is 13.1 Å². The van der Waals surface area contributed by atoms with E-state index in [1.54, 1.807) is 0 Å². The van der Waals surface area contributed by atoms with Gasteiger partial charge in [-0.1, -0.05) is 18.2 Å². The topological polar surface area (TPSA) is 43.0 Å². The Bertz CT molecular complexity index is 691. The molecule has 2 aromatic heterocycles. The fourth-order valence-corrected chi connectivity index (χ4v) is 2.66. The van der Waals surface area contributed by atoms with E-state index in [1.807, 2.05) is 43.0 Å². The lowest BCUT2D eigenvalue weighted by Gasteiger charge is -2.05. The second-order valence-electron chi connectivity index (χ2n) is 5.03. The van der Waals surface area contributed by atoms with E-state index in [9.17, 15) is 0 Å². The van der Waals surface area contributed by atoms with Crippen molar-refractivity contribution in [3.8, 4) is 0 Å². The van der Waals surface area contributed by atoms with Gasteiger partial charge in [-0.3, -0.25) is 0 Å².